The van der Waals surface area contributed by atoms with E-state index in [0.29, 0.717) is 13.2 Å². The molecule has 3 nitrogen and oxygen atoms in total. The number of halogens is 3. The van der Waals surface area contributed by atoms with E-state index in [1.807, 2.05) is 0 Å². The van der Waals surface area contributed by atoms with Gasteiger partial charge >= 0.3 is 0 Å². The Bertz CT molecular complexity index is 284. The molecule has 0 atom stereocenters. The van der Waals surface area contributed by atoms with Gasteiger partial charge in [0.15, 0.2) is 0 Å². The highest BCUT2D eigenvalue weighted by Gasteiger charge is 2.27. The summed E-state index contributed by atoms with van der Waals surface area (Å²) in [6, 6.07) is 0. The highest BCUT2D eigenvalue weighted by Crippen LogP contribution is 2.33. The molecule has 0 aliphatic rings. The van der Waals surface area contributed by atoms with E-state index in [0.717, 1.165) is 19.4 Å². The molecule has 6 heteroatoms. The molecule has 0 unspecified atom stereocenters. The van der Waals surface area contributed by atoms with Gasteiger partial charge in [0.1, 0.15) is 0 Å². The van der Waals surface area contributed by atoms with Crippen LogP contribution in [-0.4, -0.2) is 27.8 Å². The lowest BCUT2D eigenvalue weighted by Gasteiger charge is -2.12. The van der Waals surface area contributed by atoms with Crippen molar-refractivity contribution < 1.29 is 9.53 Å². The predicted molar refractivity (Wildman–Crippen MR) is 110 cm³/mol. The van der Waals surface area contributed by atoms with E-state index in [4.69, 9.17) is 4.74 Å². The van der Waals surface area contributed by atoms with Gasteiger partial charge in [-0.2, -0.15) is 0 Å². The van der Waals surface area contributed by atoms with E-state index in [1.54, 1.807) is 0 Å². The zero-order valence-corrected chi connectivity index (χ0v) is 19.1. The SMILES string of the molecule is CCCCCCCCCCCCOCCCNC(=O)C(Br)(Br)Br. The third-order valence-corrected chi connectivity index (χ3v) is 4.73. The molecule has 0 aromatic rings. The Morgan fingerprint density at radius 3 is 1.83 bits per heavy atom. The number of nitrogens with one attached hydrogen (secondary N) is 1. The van der Waals surface area contributed by atoms with Crippen molar-refractivity contribution in [3.8, 4) is 0 Å². The van der Waals surface area contributed by atoms with Crippen LogP contribution in [0.3, 0.4) is 0 Å². The molecule has 0 aliphatic carbocycles. The molecule has 0 saturated heterocycles. The zero-order valence-electron chi connectivity index (χ0n) is 14.3. The molecule has 0 fully saturated rings. The Morgan fingerprint density at radius 1 is 0.826 bits per heavy atom. The fraction of sp³-hybridized carbons (Fsp3) is 0.941. The van der Waals surface area contributed by atoms with Crippen LogP contribution in [0.15, 0.2) is 0 Å². The van der Waals surface area contributed by atoms with Crippen LogP contribution in [0.4, 0.5) is 0 Å². The topological polar surface area (TPSA) is 38.3 Å². The molecule has 138 valence electrons. The summed E-state index contributed by atoms with van der Waals surface area (Å²) >= 11 is 9.54. The molecular formula is C17H32Br3NO2. The molecular weight excluding hydrogens is 490 g/mol. The highest BCUT2D eigenvalue weighted by molar-refractivity contribution is 9.40. The predicted octanol–water partition coefficient (Wildman–Crippen LogP) is 6.27. The number of ether oxygens (including phenoxy) is 1. The van der Waals surface area contributed by atoms with Crippen LogP contribution >= 0.6 is 47.8 Å². The number of hydrogen-bond donors (Lipinski definition) is 1. The summed E-state index contributed by atoms with van der Waals surface area (Å²) in [6.07, 6.45) is 14.3. The largest absolute Gasteiger partial charge is 0.381 e. The summed E-state index contributed by atoms with van der Waals surface area (Å²) in [5, 5.41) is 2.81. The fourth-order valence-electron chi connectivity index (χ4n) is 2.27. The Morgan fingerprint density at radius 2 is 1.30 bits per heavy atom. The van der Waals surface area contributed by atoms with Gasteiger partial charge in [-0.1, -0.05) is 64.7 Å². The first-order valence-electron chi connectivity index (χ1n) is 8.91. The molecule has 0 aromatic carbocycles. The summed E-state index contributed by atoms with van der Waals surface area (Å²) < 4.78 is 4.73. The number of carbonyl (C=O) groups excluding carboxylic acids is 1. The third kappa shape index (κ3) is 17.5. The molecule has 0 saturated carbocycles. The quantitative estimate of drug-likeness (QED) is 0.204. The lowest BCUT2D eigenvalue weighted by molar-refractivity contribution is -0.119. The van der Waals surface area contributed by atoms with Crippen LogP contribution < -0.4 is 5.32 Å². The third-order valence-electron chi connectivity index (χ3n) is 3.65. The van der Waals surface area contributed by atoms with Crippen LogP contribution in [0.2, 0.25) is 0 Å². The maximum absolute atomic E-state index is 11.5. The number of amides is 1. The number of rotatable bonds is 15. The lowest BCUT2D eigenvalue weighted by atomic mass is 10.1. The second kappa shape index (κ2) is 16.3. The zero-order chi connectivity index (χ0) is 17.4. The fourth-order valence-corrected chi connectivity index (χ4v) is 2.69. The van der Waals surface area contributed by atoms with Crippen molar-refractivity contribution in [2.24, 2.45) is 0 Å². The Labute approximate surface area is 167 Å². The second-order valence-corrected chi connectivity index (χ2v) is 12.7. The lowest BCUT2D eigenvalue weighted by Crippen LogP contribution is -2.34. The summed E-state index contributed by atoms with van der Waals surface area (Å²) in [4.78, 5) is 11.5. The summed E-state index contributed by atoms with van der Waals surface area (Å²) in [5.74, 6) is -0.132. The van der Waals surface area contributed by atoms with Crippen molar-refractivity contribution >= 4 is 53.7 Å². The van der Waals surface area contributed by atoms with Gasteiger partial charge in [-0.05, 0) is 60.6 Å². The molecule has 1 N–H and O–H groups in total. The van der Waals surface area contributed by atoms with E-state index in [-0.39, 0.29) is 5.91 Å². The van der Waals surface area contributed by atoms with Gasteiger partial charge in [0.05, 0.1) is 0 Å². The van der Waals surface area contributed by atoms with Gasteiger partial charge < -0.3 is 10.1 Å². The molecule has 0 aromatic heterocycles. The first-order valence-corrected chi connectivity index (χ1v) is 11.3. The van der Waals surface area contributed by atoms with Gasteiger partial charge in [0, 0.05) is 19.8 Å². The molecule has 23 heavy (non-hydrogen) atoms. The molecule has 1 amide bonds. The van der Waals surface area contributed by atoms with Gasteiger partial charge in [0.2, 0.25) is 2.14 Å². The summed E-state index contributed by atoms with van der Waals surface area (Å²) in [7, 11) is 0. The number of carbonyl (C=O) groups is 1. The van der Waals surface area contributed by atoms with Crippen molar-refractivity contribution in [2.75, 3.05) is 19.8 Å². The van der Waals surface area contributed by atoms with Crippen molar-refractivity contribution in [1.29, 1.82) is 0 Å². The van der Waals surface area contributed by atoms with Crippen LogP contribution in [0.25, 0.3) is 0 Å². The standard InChI is InChI=1S/C17H32Br3NO2/c1-2-3-4-5-6-7-8-9-10-11-14-23-15-12-13-21-16(22)17(18,19)20/h2-15H2,1H3,(H,21,22). The molecule has 0 aliphatic heterocycles. The van der Waals surface area contributed by atoms with E-state index in [2.05, 4.69) is 60.0 Å². The average Bonchev–Trinajstić information content (AvgIpc) is 2.50. The van der Waals surface area contributed by atoms with Crippen molar-refractivity contribution in [2.45, 2.75) is 79.7 Å². The van der Waals surface area contributed by atoms with Crippen LogP contribution in [0, 0.1) is 0 Å². The van der Waals surface area contributed by atoms with Gasteiger partial charge in [-0.15, -0.1) is 0 Å². The Balaban J connectivity index is 3.12. The minimum atomic E-state index is -0.857. The van der Waals surface area contributed by atoms with E-state index >= 15 is 0 Å². The Kier molecular flexibility index (Phi) is 17.0. The molecule has 0 bridgehead atoms. The van der Waals surface area contributed by atoms with Crippen LogP contribution in [0.5, 0.6) is 0 Å². The first-order chi connectivity index (χ1) is 11.0. The van der Waals surface area contributed by atoms with Gasteiger partial charge in [0.25, 0.3) is 5.91 Å². The van der Waals surface area contributed by atoms with E-state index in [1.165, 1.54) is 57.8 Å². The van der Waals surface area contributed by atoms with Crippen molar-refractivity contribution in [3.63, 3.8) is 0 Å². The number of hydrogen-bond acceptors (Lipinski definition) is 2. The molecule has 0 radical (unpaired) electrons. The highest BCUT2D eigenvalue weighted by atomic mass is 80.0. The van der Waals surface area contributed by atoms with Gasteiger partial charge in [-0.3, -0.25) is 4.79 Å². The van der Waals surface area contributed by atoms with E-state index in [9.17, 15) is 4.79 Å². The number of alkyl halides is 3. The summed E-state index contributed by atoms with van der Waals surface area (Å²) in [5.41, 5.74) is 0. The number of unbranched alkanes of at least 4 members (excludes halogenated alkanes) is 9. The second-order valence-electron chi connectivity index (χ2n) is 5.90. The molecule has 0 heterocycles. The first kappa shape index (κ1) is 23.9. The average molecular weight is 522 g/mol. The van der Waals surface area contributed by atoms with Crippen LogP contribution in [-0.2, 0) is 9.53 Å². The van der Waals surface area contributed by atoms with Gasteiger partial charge in [-0.25, -0.2) is 0 Å². The molecule has 0 rings (SSSR count). The summed E-state index contributed by atoms with van der Waals surface area (Å²) in [6.45, 7) is 4.43. The van der Waals surface area contributed by atoms with Crippen LogP contribution in [0.1, 0.15) is 77.6 Å². The minimum absolute atomic E-state index is 0.132. The maximum Gasteiger partial charge on any atom is 0.258 e. The monoisotopic (exact) mass is 519 g/mol. The minimum Gasteiger partial charge on any atom is -0.381 e. The smallest absolute Gasteiger partial charge is 0.258 e. The van der Waals surface area contributed by atoms with Crippen molar-refractivity contribution in [1.82, 2.24) is 5.32 Å². The maximum atomic E-state index is 11.5. The van der Waals surface area contributed by atoms with Crippen molar-refractivity contribution in [3.05, 3.63) is 0 Å². The molecule has 0 spiro atoms. The normalized spacial score (nSPS) is 11.7. The Hall–Kier alpha value is 0.870. The van der Waals surface area contributed by atoms with E-state index < -0.39 is 2.14 Å².